The first kappa shape index (κ1) is 17.4. The van der Waals surface area contributed by atoms with Gasteiger partial charge in [-0.15, -0.1) is 0 Å². The van der Waals surface area contributed by atoms with Gasteiger partial charge in [0.15, 0.2) is 23.0 Å². The highest BCUT2D eigenvalue weighted by molar-refractivity contribution is 5.48. The predicted octanol–water partition coefficient (Wildman–Crippen LogP) is 3.58. The summed E-state index contributed by atoms with van der Waals surface area (Å²) in [6.45, 7) is 5.35. The second-order valence-electron chi connectivity index (χ2n) is 6.96. The third-order valence-electron chi connectivity index (χ3n) is 4.24. The Balaban J connectivity index is 1.89. The van der Waals surface area contributed by atoms with E-state index in [0.717, 1.165) is 5.56 Å². The molecular weight excluding hydrogens is 320 g/mol. The molecule has 0 saturated heterocycles. The van der Waals surface area contributed by atoms with Gasteiger partial charge in [0.25, 0.3) is 0 Å². The smallest absolute Gasteiger partial charge is 0.161 e. The zero-order valence-electron chi connectivity index (χ0n) is 15.0. The van der Waals surface area contributed by atoms with E-state index in [2.05, 4.69) is 13.8 Å². The number of fused-ring (bicyclic) bond motifs is 1. The zero-order valence-corrected chi connectivity index (χ0v) is 15.0. The van der Waals surface area contributed by atoms with Crippen LogP contribution in [0.25, 0.3) is 0 Å². The van der Waals surface area contributed by atoms with E-state index in [4.69, 9.17) is 18.9 Å². The molecule has 2 aromatic rings. The van der Waals surface area contributed by atoms with E-state index >= 15 is 0 Å². The maximum absolute atomic E-state index is 10.8. The number of hydrogen-bond donors (Lipinski definition) is 1. The third-order valence-corrected chi connectivity index (χ3v) is 4.24. The molecule has 0 unspecified atom stereocenters. The second-order valence-corrected chi connectivity index (χ2v) is 6.96. The van der Waals surface area contributed by atoms with Gasteiger partial charge in [0, 0.05) is 5.41 Å². The predicted molar refractivity (Wildman–Crippen MR) is 94.8 cm³/mol. The summed E-state index contributed by atoms with van der Waals surface area (Å²) in [6.07, 6.45) is -0.801. The quantitative estimate of drug-likeness (QED) is 0.919. The van der Waals surface area contributed by atoms with Crippen molar-refractivity contribution in [2.75, 3.05) is 27.4 Å². The molecule has 0 saturated carbocycles. The van der Waals surface area contributed by atoms with Gasteiger partial charge in [-0.2, -0.15) is 0 Å². The third kappa shape index (κ3) is 3.66. The molecule has 0 fully saturated rings. The van der Waals surface area contributed by atoms with Crippen LogP contribution in [0.15, 0.2) is 36.4 Å². The Morgan fingerprint density at radius 1 is 0.880 bits per heavy atom. The summed E-state index contributed by atoms with van der Waals surface area (Å²) in [5.41, 5.74) is 1.39. The van der Waals surface area contributed by atoms with E-state index in [9.17, 15) is 5.11 Å². The van der Waals surface area contributed by atoms with E-state index in [-0.39, 0.29) is 5.41 Å². The number of benzene rings is 2. The van der Waals surface area contributed by atoms with Crippen LogP contribution in [0.1, 0.15) is 31.1 Å². The summed E-state index contributed by atoms with van der Waals surface area (Å²) in [5.74, 6) is 2.56. The first-order valence-electron chi connectivity index (χ1n) is 8.23. The maximum Gasteiger partial charge on any atom is 0.161 e. The Hall–Kier alpha value is -2.40. The standard InChI is InChI=1S/C20H24O5/c1-20(2)11-24-16-8-6-14(10-18(16)25-12-20)19(21)13-5-7-15(22-3)17(9-13)23-4/h5-10,19,21H,11-12H2,1-4H3/t19-/m0/s1. The fourth-order valence-electron chi connectivity index (χ4n) is 2.73. The SMILES string of the molecule is COc1ccc([C@H](O)c2ccc3c(c2)OCC(C)(C)CO3)cc1OC. The van der Waals surface area contributed by atoms with Gasteiger partial charge < -0.3 is 24.1 Å². The molecule has 0 bridgehead atoms. The minimum atomic E-state index is -0.801. The topological polar surface area (TPSA) is 57.2 Å². The number of aliphatic hydroxyl groups is 1. The Kier molecular flexibility index (Phi) is 4.77. The zero-order chi connectivity index (χ0) is 18.0. The van der Waals surface area contributed by atoms with Gasteiger partial charge in [-0.25, -0.2) is 0 Å². The lowest BCUT2D eigenvalue weighted by Gasteiger charge is -2.19. The Labute approximate surface area is 148 Å². The van der Waals surface area contributed by atoms with Crippen LogP contribution >= 0.6 is 0 Å². The summed E-state index contributed by atoms with van der Waals surface area (Å²) >= 11 is 0. The van der Waals surface area contributed by atoms with Crippen molar-refractivity contribution >= 4 is 0 Å². The molecule has 1 N–H and O–H groups in total. The highest BCUT2D eigenvalue weighted by Crippen LogP contribution is 2.38. The van der Waals surface area contributed by atoms with Gasteiger partial charge in [-0.3, -0.25) is 0 Å². The summed E-state index contributed by atoms with van der Waals surface area (Å²) in [7, 11) is 3.16. The summed E-state index contributed by atoms with van der Waals surface area (Å²) in [4.78, 5) is 0. The van der Waals surface area contributed by atoms with E-state index in [1.54, 1.807) is 26.4 Å². The first-order chi connectivity index (χ1) is 11.9. The average molecular weight is 344 g/mol. The van der Waals surface area contributed by atoms with Gasteiger partial charge >= 0.3 is 0 Å². The van der Waals surface area contributed by atoms with Gasteiger partial charge in [-0.1, -0.05) is 26.0 Å². The van der Waals surface area contributed by atoms with Crippen molar-refractivity contribution in [2.45, 2.75) is 20.0 Å². The van der Waals surface area contributed by atoms with Crippen molar-refractivity contribution in [1.82, 2.24) is 0 Å². The normalized spacial score (nSPS) is 16.7. The van der Waals surface area contributed by atoms with Gasteiger partial charge in [0.2, 0.25) is 0 Å². The molecule has 5 nitrogen and oxygen atoms in total. The molecule has 1 aliphatic rings. The van der Waals surface area contributed by atoms with Crippen molar-refractivity contribution < 1.29 is 24.1 Å². The molecule has 5 heteroatoms. The van der Waals surface area contributed by atoms with E-state index < -0.39 is 6.10 Å². The van der Waals surface area contributed by atoms with Crippen molar-refractivity contribution in [3.8, 4) is 23.0 Å². The van der Waals surface area contributed by atoms with Crippen molar-refractivity contribution in [3.63, 3.8) is 0 Å². The van der Waals surface area contributed by atoms with Crippen molar-refractivity contribution in [2.24, 2.45) is 5.41 Å². The molecule has 0 aliphatic carbocycles. The van der Waals surface area contributed by atoms with Gasteiger partial charge in [0.05, 0.1) is 27.4 Å². The molecule has 3 rings (SSSR count). The molecule has 1 aliphatic heterocycles. The van der Waals surface area contributed by atoms with Crippen LogP contribution in [0.2, 0.25) is 0 Å². The lowest BCUT2D eigenvalue weighted by Crippen LogP contribution is -2.26. The molecule has 0 amide bonds. The fraction of sp³-hybridized carbons (Fsp3) is 0.400. The van der Waals surface area contributed by atoms with E-state index in [1.807, 2.05) is 24.3 Å². The maximum atomic E-state index is 10.8. The van der Waals surface area contributed by atoms with Crippen molar-refractivity contribution in [1.29, 1.82) is 0 Å². The minimum Gasteiger partial charge on any atom is -0.493 e. The number of methoxy groups -OCH3 is 2. The van der Waals surface area contributed by atoms with Crippen molar-refractivity contribution in [3.05, 3.63) is 47.5 Å². The Morgan fingerprint density at radius 3 is 2.16 bits per heavy atom. The average Bonchev–Trinajstić information content (AvgIpc) is 2.78. The fourth-order valence-corrected chi connectivity index (χ4v) is 2.73. The highest BCUT2D eigenvalue weighted by atomic mass is 16.5. The van der Waals surface area contributed by atoms with E-state index in [0.29, 0.717) is 41.8 Å². The molecule has 134 valence electrons. The molecular formula is C20H24O5. The van der Waals surface area contributed by atoms with Crippen LogP contribution in [0.3, 0.4) is 0 Å². The second kappa shape index (κ2) is 6.84. The van der Waals surface area contributed by atoms with Crippen LogP contribution < -0.4 is 18.9 Å². The molecule has 1 atom stereocenters. The minimum absolute atomic E-state index is 0.0544. The Bertz CT molecular complexity index is 754. The van der Waals surface area contributed by atoms with Gasteiger partial charge in [0.1, 0.15) is 6.10 Å². The number of hydrogen-bond acceptors (Lipinski definition) is 5. The molecule has 0 radical (unpaired) electrons. The molecule has 0 aromatic heterocycles. The highest BCUT2D eigenvalue weighted by Gasteiger charge is 2.26. The lowest BCUT2D eigenvalue weighted by molar-refractivity contribution is 0.140. The number of aliphatic hydroxyl groups excluding tert-OH is 1. The van der Waals surface area contributed by atoms with Gasteiger partial charge in [-0.05, 0) is 35.4 Å². The molecule has 1 heterocycles. The van der Waals surface area contributed by atoms with Crippen LogP contribution in [0, 0.1) is 5.41 Å². The van der Waals surface area contributed by atoms with Crippen LogP contribution in [0.5, 0.6) is 23.0 Å². The van der Waals surface area contributed by atoms with Crippen LogP contribution in [-0.2, 0) is 0 Å². The lowest BCUT2D eigenvalue weighted by atomic mass is 9.97. The van der Waals surface area contributed by atoms with Crippen LogP contribution in [-0.4, -0.2) is 32.5 Å². The number of rotatable bonds is 4. The number of ether oxygens (including phenoxy) is 4. The Morgan fingerprint density at radius 2 is 1.48 bits per heavy atom. The first-order valence-corrected chi connectivity index (χ1v) is 8.23. The largest absolute Gasteiger partial charge is 0.493 e. The monoisotopic (exact) mass is 344 g/mol. The summed E-state index contributed by atoms with van der Waals surface area (Å²) < 4.78 is 22.3. The summed E-state index contributed by atoms with van der Waals surface area (Å²) in [6, 6.07) is 10.9. The molecule has 0 spiro atoms. The molecule has 25 heavy (non-hydrogen) atoms. The molecule has 2 aromatic carbocycles. The van der Waals surface area contributed by atoms with Crippen LogP contribution in [0.4, 0.5) is 0 Å². The summed E-state index contributed by atoms with van der Waals surface area (Å²) in [5, 5.41) is 10.8. The van der Waals surface area contributed by atoms with E-state index in [1.165, 1.54) is 0 Å².